The molecular weight excluding hydrogens is 320 g/mol. The maximum atomic E-state index is 11.9. The molecule has 0 saturated carbocycles. The number of hydrogen-bond donors (Lipinski definition) is 1. The number of rotatable bonds is 5. The minimum Gasteiger partial charge on any atom is -0.457 e. The third-order valence-electron chi connectivity index (χ3n) is 3.41. The van der Waals surface area contributed by atoms with Crippen LogP contribution >= 0.6 is 0 Å². The Morgan fingerprint density at radius 3 is 2.60 bits per heavy atom. The maximum Gasteiger partial charge on any atom is 0.271 e. The highest BCUT2D eigenvalue weighted by atomic mass is 16.6. The average molecular weight is 334 g/mol. The van der Waals surface area contributed by atoms with Crippen molar-refractivity contribution < 1.29 is 14.1 Å². The normalized spacial score (nSPS) is 10.7. The second-order valence-corrected chi connectivity index (χ2v) is 5.20. The van der Waals surface area contributed by atoms with Crippen LogP contribution in [0.25, 0.3) is 17.4 Å². The van der Waals surface area contributed by atoms with Crippen molar-refractivity contribution in [2.24, 2.45) is 0 Å². The number of nitrogens with zero attached hydrogens (tertiary/aromatic N) is 1. The van der Waals surface area contributed by atoms with Crippen LogP contribution in [0.5, 0.6) is 0 Å². The summed E-state index contributed by atoms with van der Waals surface area (Å²) < 4.78 is 5.66. The number of nitro groups is 1. The molecule has 124 valence electrons. The van der Waals surface area contributed by atoms with Gasteiger partial charge in [-0.05, 0) is 24.3 Å². The Labute approximate surface area is 143 Å². The van der Waals surface area contributed by atoms with Gasteiger partial charge in [-0.25, -0.2) is 0 Å². The molecule has 2 aromatic carbocycles. The topological polar surface area (TPSA) is 85.4 Å². The molecule has 0 aliphatic carbocycles. The molecule has 0 atom stereocenters. The number of furan rings is 1. The molecule has 1 N–H and O–H groups in total. The fourth-order valence-electron chi connectivity index (χ4n) is 2.24. The Kier molecular flexibility index (Phi) is 4.71. The summed E-state index contributed by atoms with van der Waals surface area (Å²) in [5, 5.41) is 13.3. The summed E-state index contributed by atoms with van der Waals surface area (Å²) in [7, 11) is 0. The van der Waals surface area contributed by atoms with Crippen LogP contribution in [0.3, 0.4) is 0 Å². The lowest BCUT2D eigenvalue weighted by Crippen LogP contribution is -2.07. The first-order chi connectivity index (χ1) is 12.1. The third kappa shape index (κ3) is 4.20. The van der Waals surface area contributed by atoms with Crippen molar-refractivity contribution in [2.45, 2.75) is 0 Å². The fourth-order valence-corrected chi connectivity index (χ4v) is 2.24. The van der Waals surface area contributed by atoms with Gasteiger partial charge in [-0.15, -0.1) is 0 Å². The first-order valence-electron chi connectivity index (χ1n) is 7.50. The van der Waals surface area contributed by atoms with E-state index in [0.717, 1.165) is 5.56 Å². The smallest absolute Gasteiger partial charge is 0.271 e. The van der Waals surface area contributed by atoms with Crippen LogP contribution in [0, 0.1) is 10.1 Å². The van der Waals surface area contributed by atoms with Crippen LogP contribution in [0.2, 0.25) is 0 Å². The van der Waals surface area contributed by atoms with Gasteiger partial charge in [-0.2, -0.15) is 0 Å². The lowest BCUT2D eigenvalue weighted by molar-refractivity contribution is -0.384. The van der Waals surface area contributed by atoms with Gasteiger partial charge < -0.3 is 9.73 Å². The lowest BCUT2D eigenvalue weighted by atomic mass is 10.2. The molecule has 25 heavy (non-hydrogen) atoms. The van der Waals surface area contributed by atoms with Gasteiger partial charge in [0.1, 0.15) is 11.5 Å². The first-order valence-corrected chi connectivity index (χ1v) is 7.50. The molecule has 1 aromatic heterocycles. The summed E-state index contributed by atoms with van der Waals surface area (Å²) in [4.78, 5) is 22.2. The van der Waals surface area contributed by atoms with Crippen LogP contribution in [0.4, 0.5) is 11.4 Å². The van der Waals surface area contributed by atoms with Crippen molar-refractivity contribution in [3.63, 3.8) is 0 Å². The van der Waals surface area contributed by atoms with E-state index in [1.54, 1.807) is 18.2 Å². The van der Waals surface area contributed by atoms with Crippen LogP contribution in [0.15, 0.2) is 77.2 Å². The number of carbonyl (C=O) groups is 1. The Hall–Kier alpha value is -3.67. The minimum atomic E-state index is -0.514. The lowest BCUT2D eigenvalue weighted by Gasteiger charge is -2.01. The SMILES string of the molecule is O=C(/C=C/c1ccc(-c2ccccc2)o1)Nc1cccc([N+](=O)[O-])c1. The van der Waals surface area contributed by atoms with E-state index in [0.29, 0.717) is 17.2 Å². The van der Waals surface area contributed by atoms with Gasteiger partial charge in [-0.1, -0.05) is 36.4 Å². The van der Waals surface area contributed by atoms with E-state index in [2.05, 4.69) is 5.32 Å². The molecule has 1 amide bonds. The summed E-state index contributed by atoms with van der Waals surface area (Å²) in [5.74, 6) is 0.838. The van der Waals surface area contributed by atoms with Gasteiger partial charge in [0.25, 0.3) is 5.69 Å². The van der Waals surface area contributed by atoms with Crippen molar-refractivity contribution >= 4 is 23.4 Å². The van der Waals surface area contributed by atoms with E-state index in [9.17, 15) is 14.9 Å². The molecule has 6 nitrogen and oxygen atoms in total. The van der Waals surface area contributed by atoms with Crippen molar-refractivity contribution in [1.29, 1.82) is 0 Å². The standard InChI is InChI=1S/C19H14N2O4/c22-19(20-15-7-4-8-16(13-15)21(23)24)12-10-17-9-11-18(25-17)14-5-2-1-3-6-14/h1-13H,(H,20,22)/b12-10+. The highest BCUT2D eigenvalue weighted by Crippen LogP contribution is 2.22. The van der Waals surface area contributed by atoms with Gasteiger partial charge in [-0.3, -0.25) is 14.9 Å². The van der Waals surface area contributed by atoms with Crippen LogP contribution in [-0.4, -0.2) is 10.8 Å². The molecular formula is C19H14N2O4. The fraction of sp³-hybridized carbons (Fsp3) is 0. The highest BCUT2D eigenvalue weighted by molar-refractivity contribution is 6.01. The van der Waals surface area contributed by atoms with Crippen molar-refractivity contribution in [3.05, 3.63) is 88.7 Å². The summed E-state index contributed by atoms with van der Waals surface area (Å²) in [6.07, 6.45) is 2.85. The zero-order valence-electron chi connectivity index (χ0n) is 13.1. The van der Waals surface area contributed by atoms with E-state index < -0.39 is 10.8 Å². The molecule has 0 aliphatic heterocycles. The van der Waals surface area contributed by atoms with Crippen LogP contribution < -0.4 is 5.32 Å². The summed E-state index contributed by atoms with van der Waals surface area (Å²) in [6.45, 7) is 0. The number of hydrogen-bond acceptors (Lipinski definition) is 4. The van der Waals surface area contributed by atoms with Gasteiger partial charge in [0.15, 0.2) is 0 Å². The summed E-state index contributed by atoms with van der Waals surface area (Å²) in [5.41, 5.74) is 1.22. The van der Waals surface area contributed by atoms with E-state index >= 15 is 0 Å². The number of anilines is 1. The maximum absolute atomic E-state index is 11.9. The minimum absolute atomic E-state index is 0.0830. The number of nitro benzene ring substituents is 1. The second-order valence-electron chi connectivity index (χ2n) is 5.20. The molecule has 0 bridgehead atoms. The highest BCUT2D eigenvalue weighted by Gasteiger charge is 2.07. The number of amides is 1. The summed E-state index contributed by atoms with van der Waals surface area (Å²) in [6, 6.07) is 19.0. The van der Waals surface area contributed by atoms with Crippen molar-refractivity contribution in [1.82, 2.24) is 0 Å². The molecule has 3 rings (SSSR count). The molecule has 0 radical (unpaired) electrons. The number of carbonyl (C=O) groups excluding carboxylic acids is 1. The van der Waals surface area contributed by atoms with Gasteiger partial charge in [0, 0.05) is 29.5 Å². The Morgan fingerprint density at radius 1 is 1.04 bits per heavy atom. The largest absolute Gasteiger partial charge is 0.457 e. The van der Waals surface area contributed by atoms with Crippen LogP contribution in [0.1, 0.15) is 5.76 Å². The first kappa shape index (κ1) is 16.2. The monoisotopic (exact) mass is 334 g/mol. The van der Waals surface area contributed by atoms with Gasteiger partial charge in [0.2, 0.25) is 5.91 Å². The Morgan fingerprint density at radius 2 is 1.84 bits per heavy atom. The molecule has 1 heterocycles. The van der Waals surface area contributed by atoms with Gasteiger partial charge in [0.05, 0.1) is 4.92 Å². The second kappa shape index (κ2) is 7.27. The van der Waals surface area contributed by atoms with E-state index in [4.69, 9.17) is 4.42 Å². The van der Waals surface area contributed by atoms with Crippen molar-refractivity contribution in [2.75, 3.05) is 5.32 Å². The van der Waals surface area contributed by atoms with Crippen molar-refractivity contribution in [3.8, 4) is 11.3 Å². The molecule has 0 saturated heterocycles. The third-order valence-corrected chi connectivity index (χ3v) is 3.41. The quantitative estimate of drug-likeness (QED) is 0.423. The Bertz CT molecular complexity index is 929. The van der Waals surface area contributed by atoms with E-state index in [1.807, 2.05) is 36.4 Å². The molecule has 0 spiro atoms. The zero-order chi connectivity index (χ0) is 17.6. The zero-order valence-corrected chi connectivity index (χ0v) is 13.1. The van der Waals surface area contributed by atoms with Crippen LogP contribution in [-0.2, 0) is 4.79 Å². The molecule has 0 fully saturated rings. The predicted octanol–water partition coefficient (Wildman–Crippen LogP) is 4.51. The number of benzene rings is 2. The molecule has 3 aromatic rings. The molecule has 0 aliphatic rings. The molecule has 0 unspecified atom stereocenters. The Balaban J connectivity index is 1.66. The number of non-ortho nitro benzene ring substituents is 1. The number of nitrogens with one attached hydrogen (secondary N) is 1. The van der Waals surface area contributed by atoms with E-state index in [-0.39, 0.29) is 5.69 Å². The molecule has 6 heteroatoms. The average Bonchev–Trinajstić information content (AvgIpc) is 3.10. The van der Waals surface area contributed by atoms with Gasteiger partial charge >= 0.3 is 0 Å². The predicted molar refractivity (Wildman–Crippen MR) is 94.9 cm³/mol. The van der Waals surface area contributed by atoms with E-state index in [1.165, 1.54) is 24.3 Å². The summed E-state index contributed by atoms with van der Waals surface area (Å²) >= 11 is 0.